The molecule has 0 aliphatic heterocycles. The summed E-state index contributed by atoms with van der Waals surface area (Å²) in [5.74, 6) is 0.473. The van der Waals surface area contributed by atoms with Gasteiger partial charge < -0.3 is 5.32 Å². The van der Waals surface area contributed by atoms with Gasteiger partial charge >= 0.3 is 0 Å². The molecule has 0 aromatic heterocycles. The van der Waals surface area contributed by atoms with Crippen molar-refractivity contribution >= 4 is 11.8 Å². The van der Waals surface area contributed by atoms with Crippen LogP contribution in [0.3, 0.4) is 0 Å². The molecule has 0 fully saturated rings. The number of benzene rings is 1. The van der Waals surface area contributed by atoms with Crippen LogP contribution in [0.2, 0.25) is 0 Å². The van der Waals surface area contributed by atoms with Crippen molar-refractivity contribution in [2.45, 2.75) is 50.8 Å². The van der Waals surface area contributed by atoms with Crippen molar-refractivity contribution in [3.63, 3.8) is 0 Å². The summed E-state index contributed by atoms with van der Waals surface area (Å²) in [5, 5.41) is 3.88. The molecule has 1 aromatic rings. The van der Waals surface area contributed by atoms with E-state index in [1.807, 2.05) is 17.8 Å². The second kappa shape index (κ2) is 7.80. The van der Waals surface area contributed by atoms with Crippen LogP contribution in [0, 0.1) is 11.7 Å². The Kier molecular flexibility index (Phi) is 6.72. The highest BCUT2D eigenvalue weighted by Gasteiger charge is 2.12. The van der Waals surface area contributed by atoms with Crippen molar-refractivity contribution < 1.29 is 4.39 Å². The molecule has 0 radical (unpaired) electrons. The van der Waals surface area contributed by atoms with Crippen molar-refractivity contribution in [3.05, 3.63) is 29.6 Å². The van der Waals surface area contributed by atoms with Crippen LogP contribution in [0.4, 0.5) is 4.39 Å². The minimum Gasteiger partial charge on any atom is -0.313 e. The summed E-state index contributed by atoms with van der Waals surface area (Å²) in [6.07, 6.45) is 1.10. The number of hydrogen-bond acceptors (Lipinski definition) is 2. The van der Waals surface area contributed by atoms with E-state index in [-0.39, 0.29) is 5.82 Å². The predicted molar refractivity (Wildman–Crippen MR) is 78.6 cm³/mol. The Morgan fingerprint density at radius 2 is 2.00 bits per heavy atom. The summed E-state index contributed by atoms with van der Waals surface area (Å²) < 4.78 is 13.3. The van der Waals surface area contributed by atoms with Gasteiger partial charge in [-0.15, -0.1) is 11.8 Å². The number of hydrogen-bond donors (Lipinski definition) is 1. The fraction of sp³-hybridized carbons (Fsp3) is 0.600. The first kappa shape index (κ1) is 15.5. The van der Waals surface area contributed by atoms with Crippen LogP contribution in [0.1, 0.15) is 39.7 Å². The van der Waals surface area contributed by atoms with Crippen LogP contribution < -0.4 is 5.32 Å². The Hall–Kier alpha value is -0.540. The molecule has 18 heavy (non-hydrogen) atoms. The minimum absolute atomic E-state index is 0.148. The topological polar surface area (TPSA) is 12.0 Å². The Bertz CT molecular complexity index is 366. The summed E-state index contributed by atoms with van der Waals surface area (Å²) in [6, 6.07) is 5.11. The molecule has 3 heteroatoms. The van der Waals surface area contributed by atoms with E-state index in [2.05, 4.69) is 33.0 Å². The van der Waals surface area contributed by atoms with Gasteiger partial charge in [-0.2, -0.15) is 0 Å². The second-order valence-electron chi connectivity index (χ2n) is 5.00. The summed E-state index contributed by atoms with van der Waals surface area (Å²) in [7, 11) is 0. The summed E-state index contributed by atoms with van der Waals surface area (Å²) >= 11 is 1.84. The highest BCUT2D eigenvalue weighted by atomic mass is 32.2. The molecule has 0 spiro atoms. The van der Waals surface area contributed by atoms with E-state index in [4.69, 9.17) is 0 Å². The summed E-state index contributed by atoms with van der Waals surface area (Å²) in [4.78, 5) is 1.20. The first-order valence-corrected chi connectivity index (χ1v) is 7.58. The van der Waals surface area contributed by atoms with Gasteiger partial charge in [0.1, 0.15) is 5.82 Å². The van der Waals surface area contributed by atoms with Crippen LogP contribution in [-0.4, -0.2) is 11.8 Å². The molecule has 0 saturated heterocycles. The lowest BCUT2D eigenvalue weighted by atomic mass is 10.2. The third-order valence-corrected chi connectivity index (χ3v) is 4.58. The molecule has 1 rings (SSSR count). The molecule has 0 bridgehead atoms. The van der Waals surface area contributed by atoms with Gasteiger partial charge in [0.05, 0.1) is 0 Å². The van der Waals surface area contributed by atoms with Crippen LogP contribution >= 0.6 is 11.8 Å². The van der Waals surface area contributed by atoms with Crippen molar-refractivity contribution in [1.29, 1.82) is 0 Å². The molecule has 1 atom stereocenters. The van der Waals surface area contributed by atoms with Gasteiger partial charge in [0, 0.05) is 16.7 Å². The maximum Gasteiger partial charge on any atom is 0.123 e. The lowest BCUT2D eigenvalue weighted by Gasteiger charge is -2.17. The zero-order valence-electron chi connectivity index (χ0n) is 11.8. The van der Waals surface area contributed by atoms with Crippen LogP contribution in [-0.2, 0) is 6.54 Å². The standard InChI is InChI=1S/C15H24FNS/c1-5-8-17-10-13-9-14(16)6-7-15(13)18-12(4)11(2)3/h6-7,9,11-12,17H,5,8,10H2,1-4H3. The molecule has 0 heterocycles. The predicted octanol–water partition coefficient (Wildman–Crippen LogP) is 4.46. The smallest absolute Gasteiger partial charge is 0.123 e. The molecule has 0 amide bonds. The van der Waals surface area contributed by atoms with Gasteiger partial charge in [-0.3, -0.25) is 0 Å². The van der Waals surface area contributed by atoms with Gasteiger partial charge in [0.25, 0.3) is 0 Å². The van der Waals surface area contributed by atoms with Crippen LogP contribution in [0.5, 0.6) is 0 Å². The molecule has 1 nitrogen and oxygen atoms in total. The Morgan fingerprint density at radius 3 is 2.61 bits per heavy atom. The Balaban J connectivity index is 2.75. The van der Waals surface area contributed by atoms with Gasteiger partial charge in [-0.25, -0.2) is 4.39 Å². The second-order valence-corrected chi connectivity index (χ2v) is 6.41. The Labute approximate surface area is 115 Å². The molecular formula is C15H24FNS. The van der Waals surface area contributed by atoms with E-state index in [1.54, 1.807) is 12.1 Å². The van der Waals surface area contributed by atoms with Crippen molar-refractivity contribution in [3.8, 4) is 0 Å². The third-order valence-electron chi connectivity index (χ3n) is 3.02. The largest absolute Gasteiger partial charge is 0.313 e. The van der Waals surface area contributed by atoms with Gasteiger partial charge in [0.2, 0.25) is 0 Å². The zero-order chi connectivity index (χ0) is 13.5. The molecule has 0 aliphatic rings. The molecule has 0 saturated carbocycles. The molecule has 0 aliphatic carbocycles. The maximum absolute atomic E-state index is 13.3. The van der Waals surface area contributed by atoms with E-state index in [9.17, 15) is 4.39 Å². The normalized spacial score (nSPS) is 13.0. The summed E-state index contributed by atoms with van der Waals surface area (Å²) in [6.45, 7) is 10.5. The van der Waals surface area contributed by atoms with Crippen LogP contribution in [0.15, 0.2) is 23.1 Å². The van der Waals surface area contributed by atoms with Crippen molar-refractivity contribution in [2.24, 2.45) is 5.92 Å². The fourth-order valence-corrected chi connectivity index (χ4v) is 2.64. The molecule has 102 valence electrons. The van der Waals surface area contributed by atoms with Gasteiger partial charge in [-0.05, 0) is 42.6 Å². The number of thioether (sulfide) groups is 1. The SMILES string of the molecule is CCCNCc1cc(F)ccc1SC(C)C(C)C. The lowest BCUT2D eigenvalue weighted by Crippen LogP contribution is -2.15. The first-order valence-electron chi connectivity index (χ1n) is 6.70. The average Bonchev–Trinajstić information content (AvgIpc) is 2.32. The van der Waals surface area contributed by atoms with Gasteiger partial charge in [0.15, 0.2) is 0 Å². The average molecular weight is 269 g/mol. The third kappa shape index (κ3) is 4.99. The zero-order valence-corrected chi connectivity index (χ0v) is 12.6. The fourth-order valence-electron chi connectivity index (χ4n) is 1.54. The Morgan fingerprint density at radius 1 is 1.28 bits per heavy atom. The first-order chi connectivity index (χ1) is 8.54. The van der Waals surface area contributed by atoms with E-state index >= 15 is 0 Å². The van der Waals surface area contributed by atoms with Crippen molar-refractivity contribution in [1.82, 2.24) is 5.32 Å². The van der Waals surface area contributed by atoms with E-state index in [1.165, 1.54) is 4.90 Å². The lowest BCUT2D eigenvalue weighted by molar-refractivity contribution is 0.614. The maximum atomic E-state index is 13.3. The summed E-state index contributed by atoms with van der Waals surface area (Å²) in [5.41, 5.74) is 1.07. The van der Waals surface area contributed by atoms with E-state index in [0.29, 0.717) is 11.2 Å². The molecule has 1 aromatic carbocycles. The van der Waals surface area contributed by atoms with E-state index < -0.39 is 0 Å². The minimum atomic E-state index is -0.148. The van der Waals surface area contributed by atoms with E-state index in [0.717, 1.165) is 25.1 Å². The van der Waals surface area contributed by atoms with Crippen molar-refractivity contribution in [2.75, 3.05) is 6.54 Å². The molecular weight excluding hydrogens is 245 g/mol. The number of nitrogens with one attached hydrogen (secondary N) is 1. The highest BCUT2D eigenvalue weighted by Crippen LogP contribution is 2.30. The quantitative estimate of drug-likeness (QED) is 0.579. The molecule has 1 N–H and O–H groups in total. The number of halogens is 1. The number of rotatable bonds is 7. The van der Waals surface area contributed by atoms with Crippen LogP contribution in [0.25, 0.3) is 0 Å². The van der Waals surface area contributed by atoms with Gasteiger partial charge in [-0.1, -0.05) is 27.7 Å². The molecule has 1 unspecified atom stereocenters. The monoisotopic (exact) mass is 269 g/mol. The highest BCUT2D eigenvalue weighted by molar-refractivity contribution is 8.00.